The number of methoxy groups -OCH3 is 2. The highest BCUT2D eigenvalue weighted by Gasteiger charge is 2.31. The molecule has 0 aromatic heterocycles. The lowest BCUT2D eigenvalue weighted by molar-refractivity contribution is -0.137. The van der Waals surface area contributed by atoms with E-state index in [4.69, 9.17) is 14.6 Å². The number of ether oxygens (including phenoxy) is 2. The zero-order valence-electron chi connectivity index (χ0n) is 14.9. The molecule has 0 aliphatic carbocycles. The minimum absolute atomic E-state index is 0.0999. The molecular weight excluding hydrogens is 369 g/mol. The first-order valence-electron chi connectivity index (χ1n) is 7.85. The van der Waals surface area contributed by atoms with Gasteiger partial charge in [-0.25, -0.2) is 4.79 Å². The first-order valence-corrected chi connectivity index (χ1v) is 7.85. The van der Waals surface area contributed by atoms with Crippen molar-refractivity contribution in [1.29, 1.82) is 0 Å². The normalized spacial score (nSPS) is 11.6. The third-order valence-electron chi connectivity index (χ3n) is 3.43. The van der Waals surface area contributed by atoms with Crippen LogP contribution in [0.15, 0.2) is 30.4 Å². The first kappa shape index (κ1) is 22.5. The van der Waals surface area contributed by atoms with Gasteiger partial charge in [-0.3, -0.25) is 4.79 Å². The summed E-state index contributed by atoms with van der Waals surface area (Å²) in [6.07, 6.45) is -3.28. The quantitative estimate of drug-likeness (QED) is 0.597. The van der Waals surface area contributed by atoms with Gasteiger partial charge in [-0.1, -0.05) is 0 Å². The molecule has 0 fully saturated rings. The number of benzene rings is 1. The topological polar surface area (TPSA) is 88.1 Å². The fourth-order valence-electron chi connectivity index (χ4n) is 2.17. The highest BCUT2D eigenvalue weighted by atomic mass is 19.4. The largest absolute Gasteiger partial charge is 0.478 e. The van der Waals surface area contributed by atoms with Gasteiger partial charge in [-0.15, -0.1) is 0 Å². The number of carbonyl (C=O) groups excluding carboxylic acids is 1. The smallest absolute Gasteiger partial charge is 0.416 e. The second-order valence-electron chi connectivity index (χ2n) is 5.36. The van der Waals surface area contributed by atoms with E-state index in [-0.39, 0.29) is 5.69 Å². The molecule has 0 radical (unpaired) electrons. The van der Waals surface area contributed by atoms with E-state index in [1.165, 1.54) is 20.3 Å². The van der Waals surface area contributed by atoms with E-state index >= 15 is 0 Å². The van der Waals surface area contributed by atoms with Gasteiger partial charge in [-0.2, -0.15) is 13.2 Å². The van der Waals surface area contributed by atoms with Gasteiger partial charge in [0.05, 0.1) is 30.2 Å². The van der Waals surface area contributed by atoms with Crippen LogP contribution >= 0.6 is 0 Å². The number of halogens is 3. The molecule has 1 amide bonds. The summed E-state index contributed by atoms with van der Waals surface area (Å²) in [5.41, 5.74) is -0.714. The van der Waals surface area contributed by atoms with Crippen molar-refractivity contribution in [1.82, 2.24) is 0 Å². The number of anilines is 2. The summed E-state index contributed by atoms with van der Waals surface area (Å²) < 4.78 is 49.1. The molecule has 150 valence electrons. The maximum atomic E-state index is 13.0. The van der Waals surface area contributed by atoms with Crippen LogP contribution in [0.1, 0.15) is 5.56 Å². The molecule has 0 saturated heterocycles. The summed E-state index contributed by atoms with van der Waals surface area (Å²) in [6, 6.07) is 2.95. The summed E-state index contributed by atoms with van der Waals surface area (Å²) in [6.45, 7) is 1.30. The summed E-state index contributed by atoms with van der Waals surface area (Å²) in [5, 5.41) is 10.9. The van der Waals surface area contributed by atoms with Crippen molar-refractivity contribution >= 4 is 23.3 Å². The number of nitrogens with zero attached hydrogens (tertiary/aromatic N) is 1. The van der Waals surface area contributed by atoms with E-state index in [0.29, 0.717) is 38.1 Å². The molecular formula is C17H21F3N2O5. The highest BCUT2D eigenvalue weighted by molar-refractivity contribution is 6.04. The van der Waals surface area contributed by atoms with Crippen LogP contribution in [0.5, 0.6) is 0 Å². The van der Waals surface area contributed by atoms with E-state index < -0.39 is 23.6 Å². The Morgan fingerprint density at radius 3 is 2.22 bits per heavy atom. The van der Waals surface area contributed by atoms with Gasteiger partial charge in [0.1, 0.15) is 0 Å². The monoisotopic (exact) mass is 390 g/mol. The lowest BCUT2D eigenvalue weighted by Crippen LogP contribution is -2.31. The molecule has 10 heteroatoms. The van der Waals surface area contributed by atoms with E-state index in [2.05, 4.69) is 5.32 Å². The molecule has 2 N–H and O–H groups in total. The van der Waals surface area contributed by atoms with Gasteiger partial charge in [-0.05, 0) is 18.2 Å². The van der Waals surface area contributed by atoms with Crippen molar-refractivity contribution in [3.05, 3.63) is 35.9 Å². The molecule has 0 heterocycles. The molecule has 0 spiro atoms. The van der Waals surface area contributed by atoms with Gasteiger partial charge < -0.3 is 24.8 Å². The molecule has 0 bridgehead atoms. The number of rotatable bonds is 10. The third-order valence-corrected chi connectivity index (χ3v) is 3.43. The van der Waals surface area contributed by atoms with Crippen LogP contribution in [-0.4, -0.2) is 57.5 Å². The Labute approximate surface area is 154 Å². The van der Waals surface area contributed by atoms with E-state index in [1.807, 2.05) is 0 Å². The highest BCUT2D eigenvalue weighted by Crippen LogP contribution is 2.35. The van der Waals surface area contributed by atoms with E-state index in [1.54, 1.807) is 4.90 Å². The predicted molar refractivity (Wildman–Crippen MR) is 92.8 cm³/mol. The van der Waals surface area contributed by atoms with E-state index in [0.717, 1.165) is 18.2 Å². The van der Waals surface area contributed by atoms with Crippen LogP contribution in [-0.2, 0) is 25.2 Å². The van der Waals surface area contributed by atoms with E-state index in [9.17, 15) is 22.8 Å². The third kappa shape index (κ3) is 7.67. The lowest BCUT2D eigenvalue weighted by Gasteiger charge is -2.27. The van der Waals surface area contributed by atoms with Crippen LogP contribution in [0.4, 0.5) is 24.5 Å². The van der Waals surface area contributed by atoms with Crippen molar-refractivity contribution in [2.24, 2.45) is 0 Å². The van der Waals surface area contributed by atoms with Crippen molar-refractivity contribution in [2.45, 2.75) is 6.18 Å². The zero-order chi connectivity index (χ0) is 20.4. The number of hydrogen-bond donors (Lipinski definition) is 2. The van der Waals surface area contributed by atoms with Crippen molar-refractivity contribution < 1.29 is 37.3 Å². The van der Waals surface area contributed by atoms with Crippen LogP contribution in [0.3, 0.4) is 0 Å². The number of hydrogen-bond acceptors (Lipinski definition) is 5. The number of alkyl halides is 3. The Bertz CT molecular complexity index is 669. The van der Waals surface area contributed by atoms with Gasteiger partial charge in [0.25, 0.3) is 0 Å². The minimum atomic E-state index is -4.60. The molecule has 0 aliphatic rings. The number of carboxylic acid groups (broad SMARTS) is 1. The number of carboxylic acids is 1. The maximum absolute atomic E-state index is 13.0. The van der Waals surface area contributed by atoms with Gasteiger partial charge in [0.2, 0.25) is 5.91 Å². The lowest BCUT2D eigenvalue weighted by atomic mass is 10.1. The maximum Gasteiger partial charge on any atom is 0.416 e. The van der Waals surface area contributed by atoms with Crippen LogP contribution < -0.4 is 10.2 Å². The molecule has 27 heavy (non-hydrogen) atoms. The number of nitrogens with one attached hydrogen (secondary N) is 1. The molecule has 0 aliphatic heterocycles. The van der Waals surface area contributed by atoms with Gasteiger partial charge >= 0.3 is 12.1 Å². The summed E-state index contributed by atoms with van der Waals surface area (Å²) in [4.78, 5) is 24.1. The number of amides is 1. The SMILES string of the molecule is COCCN(CCOC)c1ccc(C(F)(F)F)cc1NC(=O)/C=C\C(=O)O. The standard InChI is InChI=1S/C17H21F3N2O5/c1-26-9-7-22(8-10-27-2)14-4-3-12(17(18,19)20)11-13(14)21-15(23)5-6-16(24)25/h3-6,11H,7-10H2,1-2H3,(H,21,23)(H,24,25)/b6-5-. The second-order valence-corrected chi connectivity index (χ2v) is 5.36. The Kier molecular flexibility index (Phi) is 8.76. The van der Waals surface area contributed by atoms with Crippen LogP contribution in [0, 0.1) is 0 Å². The average molecular weight is 390 g/mol. The predicted octanol–water partition coefficient (Wildman–Crippen LogP) is 2.38. The Morgan fingerprint density at radius 2 is 1.74 bits per heavy atom. The summed E-state index contributed by atoms with van der Waals surface area (Å²) in [5.74, 6) is -2.22. The number of aliphatic carboxylic acids is 1. The molecule has 0 saturated carbocycles. The second kappa shape index (κ2) is 10.5. The van der Waals surface area contributed by atoms with Crippen LogP contribution in [0.25, 0.3) is 0 Å². The van der Waals surface area contributed by atoms with Crippen LogP contribution in [0.2, 0.25) is 0 Å². The van der Waals surface area contributed by atoms with Crippen molar-refractivity contribution in [3.8, 4) is 0 Å². The average Bonchev–Trinajstić information content (AvgIpc) is 2.59. The van der Waals surface area contributed by atoms with Crippen molar-refractivity contribution in [3.63, 3.8) is 0 Å². The molecule has 1 aromatic rings. The fourth-order valence-corrected chi connectivity index (χ4v) is 2.17. The Balaban J connectivity index is 3.26. The molecule has 7 nitrogen and oxygen atoms in total. The fraction of sp³-hybridized carbons (Fsp3) is 0.412. The molecule has 0 atom stereocenters. The summed E-state index contributed by atoms with van der Waals surface area (Å²) in [7, 11) is 2.97. The Morgan fingerprint density at radius 1 is 1.15 bits per heavy atom. The summed E-state index contributed by atoms with van der Waals surface area (Å²) >= 11 is 0. The first-order chi connectivity index (χ1) is 12.7. The molecule has 1 aromatic carbocycles. The minimum Gasteiger partial charge on any atom is -0.478 e. The molecule has 0 unspecified atom stereocenters. The van der Waals surface area contributed by atoms with Gasteiger partial charge in [0.15, 0.2) is 0 Å². The zero-order valence-corrected chi connectivity index (χ0v) is 14.9. The number of carbonyl (C=O) groups is 2. The van der Waals surface area contributed by atoms with Crippen molar-refractivity contribution in [2.75, 3.05) is 50.7 Å². The Hall–Kier alpha value is -2.59. The van der Waals surface area contributed by atoms with Gasteiger partial charge in [0, 0.05) is 39.5 Å². The molecule has 1 rings (SSSR count).